The first-order valence-electron chi connectivity index (χ1n) is 8.00. The number of hydrogen-bond donors (Lipinski definition) is 1. The van der Waals surface area contributed by atoms with Crippen LogP contribution in [0.1, 0.15) is 24.6 Å². The second kappa shape index (κ2) is 8.24. The molecule has 0 saturated carbocycles. The maximum Gasteiger partial charge on any atom is 0.266 e. The van der Waals surface area contributed by atoms with Gasteiger partial charge in [-0.15, -0.1) is 0 Å². The number of aromatic nitrogens is 2. The van der Waals surface area contributed by atoms with Crippen LogP contribution in [0.3, 0.4) is 0 Å². The van der Waals surface area contributed by atoms with Crippen molar-refractivity contribution < 1.29 is 14.2 Å². The maximum atomic E-state index is 12.5. The molecule has 2 heterocycles. The van der Waals surface area contributed by atoms with E-state index >= 15 is 0 Å². The van der Waals surface area contributed by atoms with Crippen molar-refractivity contribution in [2.75, 3.05) is 11.9 Å². The van der Waals surface area contributed by atoms with E-state index in [9.17, 15) is 9.59 Å². The van der Waals surface area contributed by atoms with Gasteiger partial charge in [0.2, 0.25) is 11.7 Å². The number of rotatable bonds is 6. The molecule has 2 aromatic rings. The molecule has 26 heavy (non-hydrogen) atoms. The summed E-state index contributed by atoms with van der Waals surface area (Å²) in [6, 6.07) is 9.55. The Labute approximate surface area is 159 Å². The van der Waals surface area contributed by atoms with Crippen LogP contribution in [0.5, 0.6) is 0 Å². The fraction of sp³-hybridized carbons (Fsp3) is 0.235. The lowest BCUT2D eigenvalue weighted by molar-refractivity contribution is -0.122. The molecule has 0 aliphatic carbocycles. The molecule has 1 saturated heterocycles. The van der Waals surface area contributed by atoms with Crippen LogP contribution in [-0.4, -0.2) is 37.9 Å². The number of amides is 2. The highest BCUT2D eigenvalue weighted by Crippen LogP contribution is 2.32. The third-order valence-corrected chi connectivity index (χ3v) is 5.06. The van der Waals surface area contributed by atoms with Gasteiger partial charge in [-0.3, -0.25) is 14.5 Å². The zero-order valence-electron chi connectivity index (χ0n) is 14.0. The van der Waals surface area contributed by atoms with E-state index in [1.54, 1.807) is 6.08 Å². The fourth-order valence-corrected chi connectivity index (χ4v) is 3.64. The third-order valence-electron chi connectivity index (χ3n) is 3.68. The zero-order valence-corrected chi connectivity index (χ0v) is 15.6. The van der Waals surface area contributed by atoms with E-state index in [1.807, 2.05) is 37.3 Å². The van der Waals surface area contributed by atoms with Gasteiger partial charge in [0.15, 0.2) is 0 Å². The molecule has 1 aromatic carbocycles. The van der Waals surface area contributed by atoms with E-state index in [4.69, 9.17) is 12.2 Å². The van der Waals surface area contributed by atoms with E-state index in [2.05, 4.69) is 20.3 Å². The van der Waals surface area contributed by atoms with Gasteiger partial charge in [0.25, 0.3) is 5.91 Å². The number of thioether (sulfide) groups is 1. The number of carbonyl (C=O) groups excluding carboxylic acids is 2. The molecule has 1 fully saturated rings. The zero-order chi connectivity index (χ0) is 18.5. The monoisotopic (exact) mass is 388 g/mol. The summed E-state index contributed by atoms with van der Waals surface area (Å²) in [5, 5.41) is 10.00. The highest BCUT2D eigenvalue weighted by molar-refractivity contribution is 8.26. The van der Waals surface area contributed by atoms with E-state index in [0.29, 0.717) is 27.2 Å². The number of anilines is 1. The Balaban J connectivity index is 1.60. The summed E-state index contributed by atoms with van der Waals surface area (Å²) in [7, 11) is 0. The van der Waals surface area contributed by atoms with Crippen molar-refractivity contribution in [3.63, 3.8) is 0 Å². The van der Waals surface area contributed by atoms with Gasteiger partial charge in [-0.25, -0.2) is 4.63 Å². The highest BCUT2D eigenvalue weighted by atomic mass is 32.2. The van der Waals surface area contributed by atoms with E-state index in [0.717, 1.165) is 5.56 Å². The number of benzene rings is 1. The van der Waals surface area contributed by atoms with Crippen molar-refractivity contribution in [1.82, 2.24) is 15.2 Å². The summed E-state index contributed by atoms with van der Waals surface area (Å²) in [6.45, 7) is 2.09. The Kier molecular flexibility index (Phi) is 5.79. The van der Waals surface area contributed by atoms with E-state index in [-0.39, 0.29) is 24.8 Å². The molecule has 2 amide bonds. The summed E-state index contributed by atoms with van der Waals surface area (Å²) in [4.78, 5) is 26.6. The summed E-state index contributed by atoms with van der Waals surface area (Å²) in [5.41, 5.74) is 1.51. The van der Waals surface area contributed by atoms with Crippen molar-refractivity contribution >= 4 is 52.0 Å². The molecule has 1 aliphatic rings. The first kappa shape index (κ1) is 18.3. The molecule has 0 bridgehead atoms. The average molecular weight is 388 g/mol. The van der Waals surface area contributed by atoms with Gasteiger partial charge in [0, 0.05) is 13.0 Å². The Morgan fingerprint density at radius 1 is 1.35 bits per heavy atom. The molecule has 1 N–H and O–H groups in total. The maximum absolute atomic E-state index is 12.5. The fourth-order valence-electron chi connectivity index (χ4n) is 2.33. The Morgan fingerprint density at radius 3 is 2.85 bits per heavy atom. The number of aryl methyl sites for hydroxylation is 1. The van der Waals surface area contributed by atoms with E-state index in [1.165, 1.54) is 16.7 Å². The topological polar surface area (TPSA) is 88.3 Å². The van der Waals surface area contributed by atoms with Crippen LogP contribution in [0.25, 0.3) is 6.08 Å². The minimum atomic E-state index is -0.281. The minimum Gasteiger partial charge on any atom is -0.306 e. The number of carbonyl (C=O) groups is 2. The molecule has 134 valence electrons. The summed E-state index contributed by atoms with van der Waals surface area (Å²) in [6.07, 6.45) is 2.49. The van der Waals surface area contributed by atoms with Crippen LogP contribution in [0.4, 0.5) is 5.82 Å². The van der Waals surface area contributed by atoms with Crippen molar-refractivity contribution in [3.05, 3.63) is 46.5 Å². The lowest BCUT2D eigenvalue weighted by Gasteiger charge is -2.13. The van der Waals surface area contributed by atoms with E-state index < -0.39 is 0 Å². The molecule has 0 unspecified atom stereocenters. The summed E-state index contributed by atoms with van der Waals surface area (Å²) < 4.78 is 5.06. The molecule has 1 aromatic heterocycles. The van der Waals surface area contributed by atoms with Crippen LogP contribution in [0, 0.1) is 0 Å². The SMILES string of the molecule is CCc1nonc1NC(=O)CCN1C(=O)/C(=C/c2ccccc2)SC1=S. The first-order valence-corrected chi connectivity index (χ1v) is 9.22. The molecule has 7 nitrogen and oxygen atoms in total. The van der Waals surface area contributed by atoms with Crippen molar-refractivity contribution in [2.45, 2.75) is 19.8 Å². The smallest absolute Gasteiger partial charge is 0.266 e. The van der Waals surface area contributed by atoms with Gasteiger partial charge in [0.1, 0.15) is 10.0 Å². The molecular weight excluding hydrogens is 372 g/mol. The van der Waals surface area contributed by atoms with Crippen LogP contribution in [0.2, 0.25) is 0 Å². The second-order valence-electron chi connectivity index (χ2n) is 5.46. The quantitative estimate of drug-likeness (QED) is 0.601. The van der Waals surface area contributed by atoms with Crippen molar-refractivity contribution in [2.24, 2.45) is 0 Å². The normalized spacial score (nSPS) is 15.7. The predicted octanol–water partition coefficient (Wildman–Crippen LogP) is 2.86. The number of nitrogens with zero attached hydrogens (tertiary/aromatic N) is 3. The molecule has 0 radical (unpaired) electrons. The number of hydrogen-bond acceptors (Lipinski definition) is 7. The van der Waals surface area contributed by atoms with Crippen LogP contribution < -0.4 is 5.32 Å². The van der Waals surface area contributed by atoms with Gasteiger partial charge < -0.3 is 5.32 Å². The van der Waals surface area contributed by atoms with Crippen LogP contribution in [0.15, 0.2) is 39.9 Å². The van der Waals surface area contributed by atoms with Crippen LogP contribution >= 0.6 is 24.0 Å². The lowest BCUT2D eigenvalue weighted by atomic mass is 10.2. The van der Waals surface area contributed by atoms with Gasteiger partial charge in [0.05, 0.1) is 4.91 Å². The van der Waals surface area contributed by atoms with Gasteiger partial charge >= 0.3 is 0 Å². The average Bonchev–Trinajstić information content (AvgIpc) is 3.18. The van der Waals surface area contributed by atoms with Crippen molar-refractivity contribution in [3.8, 4) is 0 Å². The molecule has 1 aliphatic heterocycles. The number of nitrogens with one attached hydrogen (secondary N) is 1. The second-order valence-corrected chi connectivity index (χ2v) is 7.13. The Hall–Kier alpha value is -2.52. The first-order chi connectivity index (χ1) is 12.6. The lowest BCUT2D eigenvalue weighted by Crippen LogP contribution is -2.31. The van der Waals surface area contributed by atoms with Gasteiger partial charge in [-0.2, -0.15) is 0 Å². The Bertz CT molecular complexity index is 864. The molecule has 0 atom stereocenters. The Morgan fingerprint density at radius 2 is 2.12 bits per heavy atom. The van der Waals surface area contributed by atoms with Crippen LogP contribution in [-0.2, 0) is 16.0 Å². The molecular formula is C17H16N4O3S2. The van der Waals surface area contributed by atoms with Gasteiger partial charge in [-0.1, -0.05) is 66.4 Å². The molecule has 0 spiro atoms. The molecule has 9 heteroatoms. The minimum absolute atomic E-state index is 0.0983. The largest absolute Gasteiger partial charge is 0.306 e. The third kappa shape index (κ3) is 4.17. The highest BCUT2D eigenvalue weighted by Gasteiger charge is 2.32. The number of thiocarbonyl (C=S) groups is 1. The van der Waals surface area contributed by atoms with Crippen molar-refractivity contribution in [1.29, 1.82) is 0 Å². The molecule has 3 rings (SSSR count). The standard InChI is InChI=1S/C17H16N4O3S2/c1-2-12-15(20-24-19-12)18-14(22)8-9-21-16(23)13(26-17(21)25)10-11-6-4-3-5-7-11/h3-7,10H,2,8-9H2,1H3,(H,18,20,22)/b13-10-. The van der Waals surface area contributed by atoms with Gasteiger partial charge in [-0.05, 0) is 23.2 Å². The predicted molar refractivity (Wildman–Crippen MR) is 103 cm³/mol. The summed E-state index contributed by atoms with van der Waals surface area (Å²) in [5.74, 6) is -0.155. The summed E-state index contributed by atoms with van der Waals surface area (Å²) >= 11 is 6.52.